The van der Waals surface area contributed by atoms with Gasteiger partial charge in [0.15, 0.2) is 0 Å². The van der Waals surface area contributed by atoms with Gasteiger partial charge in [0.2, 0.25) is 0 Å². The maximum atomic E-state index is 2.33. The lowest BCUT2D eigenvalue weighted by atomic mass is 9.85. The van der Waals surface area contributed by atoms with Crippen LogP contribution in [0.15, 0.2) is 133 Å². The minimum Gasteiger partial charge on any atom is -0.0683 e. The molecule has 0 unspecified atom stereocenters. The van der Waals surface area contributed by atoms with Crippen LogP contribution in [-0.4, -0.2) is 0 Å². The highest BCUT2D eigenvalue weighted by Gasteiger charge is 2.16. The Bertz CT molecular complexity index is 1660. The molecular formula is C36H28. The van der Waals surface area contributed by atoms with E-state index >= 15 is 0 Å². The Hall–Kier alpha value is -4.42. The summed E-state index contributed by atoms with van der Waals surface area (Å²) in [7, 11) is 0. The van der Waals surface area contributed by atoms with Crippen molar-refractivity contribution >= 4 is 43.1 Å². The molecule has 0 amide bonds. The monoisotopic (exact) mass is 460 g/mol. The molecule has 172 valence electrons. The predicted molar refractivity (Wildman–Crippen MR) is 159 cm³/mol. The highest BCUT2D eigenvalue weighted by molar-refractivity contribution is 6.22. The third-order valence-electron chi connectivity index (χ3n) is 7.01. The summed E-state index contributed by atoms with van der Waals surface area (Å²) in [4.78, 5) is 0. The summed E-state index contributed by atoms with van der Waals surface area (Å²) in [5, 5.41) is 10.2. The molecule has 0 radical (unpaired) electrons. The van der Waals surface area contributed by atoms with Crippen LogP contribution in [0.3, 0.4) is 0 Å². The van der Waals surface area contributed by atoms with Crippen molar-refractivity contribution in [1.82, 2.24) is 0 Å². The second-order valence-corrected chi connectivity index (χ2v) is 8.97. The Morgan fingerprint density at radius 2 is 0.611 bits per heavy atom. The molecule has 0 nitrogen and oxygen atoms in total. The molecule has 0 N–H and O–H groups in total. The zero-order valence-electron chi connectivity index (χ0n) is 20.7. The average Bonchev–Trinajstić information content (AvgIpc) is 2.96. The normalized spacial score (nSPS) is 11.1. The van der Waals surface area contributed by atoms with Gasteiger partial charge in [0, 0.05) is 0 Å². The van der Waals surface area contributed by atoms with Crippen molar-refractivity contribution in [2.75, 3.05) is 0 Å². The predicted octanol–water partition coefficient (Wildman–Crippen LogP) is 10.7. The third kappa shape index (κ3) is 3.63. The average molecular weight is 461 g/mol. The van der Waals surface area contributed by atoms with Crippen molar-refractivity contribution in [2.45, 2.75) is 13.8 Å². The van der Waals surface area contributed by atoms with Gasteiger partial charge >= 0.3 is 0 Å². The molecule has 0 heteroatoms. The van der Waals surface area contributed by atoms with Gasteiger partial charge in [-0.05, 0) is 77.5 Å². The molecule has 0 saturated heterocycles. The maximum Gasteiger partial charge on any atom is -0.00262 e. The van der Waals surface area contributed by atoms with E-state index in [1.807, 2.05) is 13.8 Å². The Morgan fingerprint density at radius 1 is 0.306 bits per heavy atom. The van der Waals surface area contributed by atoms with Gasteiger partial charge in [0.1, 0.15) is 0 Å². The van der Waals surface area contributed by atoms with E-state index in [9.17, 15) is 0 Å². The van der Waals surface area contributed by atoms with E-state index in [2.05, 4.69) is 133 Å². The van der Waals surface area contributed by atoms with E-state index in [1.54, 1.807) is 0 Å². The summed E-state index contributed by atoms with van der Waals surface area (Å²) >= 11 is 0. The standard InChI is InChI=1S/C34H22.C2H6/c1-3-11-25-21-27(19-17-23(25)9-1)33-29-13-5-7-15-31(29)34(32-16-8-6-14-30(32)33)28-20-18-24-10-2-4-12-26(24)22-28;1-2/h1-22H;1-2H3. The Morgan fingerprint density at radius 3 is 0.972 bits per heavy atom. The van der Waals surface area contributed by atoms with Gasteiger partial charge in [0.25, 0.3) is 0 Å². The molecule has 0 spiro atoms. The van der Waals surface area contributed by atoms with Crippen molar-refractivity contribution < 1.29 is 0 Å². The molecule has 0 heterocycles. The number of benzene rings is 7. The SMILES string of the molecule is CC.c1ccc2cc(-c3c4ccccc4c(-c4ccc5ccccc5c4)c4ccccc34)ccc2c1. The topological polar surface area (TPSA) is 0 Å². The van der Waals surface area contributed by atoms with Crippen molar-refractivity contribution in [3.05, 3.63) is 133 Å². The zero-order chi connectivity index (χ0) is 24.5. The fourth-order valence-corrected chi connectivity index (χ4v) is 5.44. The van der Waals surface area contributed by atoms with Crippen molar-refractivity contribution in [3.8, 4) is 22.3 Å². The molecule has 0 fully saturated rings. The molecule has 36 heavy (non-hydrogen) atoms. The van der Waals surface area contributed by atoms with Crippen LogP contribution in [0.1, 0.15) is 13.8 Å². The second kappa shape index (κ2) is 9.32. The number of hydrogen-bond donors (Lipinski definition) is 0. The van der Waals surface area contributed by atoms with Crippen LogP contribution in [0.5, 0.6) is 0 Å². The molecule has 0 bridgehead atoms. The van der Waals surface area contributed by atoms with E-state index in [0.29, 0.717) is 0 Å². The van der Waals surface area contributed by atoms with Crippen LogP contribution in [0.2, 0.25) is 0 Å². The molecular weight excluding hydrogens is 432 g/mol. The summed E-state index contributed by atoms with van der Waals surface area (Å²) in [6.45, 7) is 4.00. The van der Waals surface area contributed by atoms with E-state index in [1.165, 1.54) is 65.3 Å². The lowest BCUT2D eigenvalue weighted by Crippen LogP contribution is -1.91. The van der Waals surface area contributed by atoms with Crippen LogP contribution in [0.25, 0.3) is 65.3 Å². The largest absolute Gasteiger partial charge is 0.0683 e. The van der Waals surface area contributed by atoms with E-state index in [0.717, 1.165) is 0 Å². The van der Waals surface area contributed by atoms with E-state index < -0.39 is 0 Å². The first-order chi connectivity index (χ1) is 17.9. The minimum atomic E-state index is 1.26. The van der Waals surface area contributed by atoms with Crippen LogP contribution in [-0.2, 0) is 0 Å². The van der Waals surface area contributed by atoms with Gasteiger partial charge in [0.05, 0.1) is 0 Å². The summed E-state index contributed by atoms with van der Waals surface area (Å²) in [5.41, 5.74) is 5.13. The van der Waals surface area contributed by atoms with Gasteiger partial charge in [-0.2, -0.15) is 0 Å². The highest BCUT2D eigenvalue weighted by Crippen LogP contribution is 2.44. The Balaban J connectivity index is 0.00000117. The van der Waals surface area contributed by atoms with Crippen molar-refractivity contribution in [2.24, 2.45) is 0 Å². The molecule has 0 aliphatic carbocycles. The molecule has 0 atom stereocenters. The fourth-order valence-electron chi connectivity index (χ4n) is 5.44. The number of hydrogen-bond acceptors (Lipinski definition) is 0. The zero-order valence-corrected chi connectivity index (χ0v) is 20.7. The molecule has 0 aliphatic rings. The maximum absolute atomic E-state index is 2.33. The molecule has 7 aromatic rings. The van der Waals surface area contributed by atoms with Crippen molar-refractivity contribution in [1.29, 1.82) is 0 Å². The summed E-state index contributed by atoms with van der Waals surface area (Å²) in [5.74, 6) is 0. The Labute approximate surface area is 212 Å². The fraction of sp³-hybridized carbons (Fsp3) is 0.0556. The molecule has 7 aromatic carbocycles. The summed E-state index contributed by atoms with van der Waals surface area (Å²) < 4.78 is 0. The van der Waals surface area contributed by atoms with Crippen molar-refractivity contribution in [3.63, 3.8) is 0 Å². The smallest absolute Gasteiger partial charge is 0.00262 e. The van der Waals surface area contributed by atoms with E-state index in [-0.39, 0.29) is 0 Å². The number of rotatable bonds is 2. The van der Waals surface area contributed by atoms with E-state index in [4.69, 9.17) is 0 Å². The first kappa shape index (κ1) is 22.1. The van der Waals surface area contributed by atoms with Crippen LogP contribution >= 0.6 is 0 Å². The molecule has 0 aliphatic heterocycles. The van der Waals surface area contributed by atoms with Gasteiger partial charge < -0.3 is 0 Å². The Kier molecular flexibility index (Phi) is 5.71. The highest BCUT2D eigenvalue weighted by atomic mass is 14.2. The van der Waals surface area contributed by atoms with Crippen LogP contribution in [0.4, 0.5) is 0 Å². The molecule has 0 saturated carbocycles. The lowest BCUT2D eigenvalue weighted by molar-refractivity contribution is 1.50. The van der Waals surface area contributed by atoms with Crippen LogP contribution < -0.4 is 0 Å². The van der Waals surface area contributed by atoms with Gasteiger partial charge in [-0.1, -0.05) is 135 Å². The van der Waals surface area contributed by atoms with Gasteiger partial charge in [-0.3, -0.25) is 0 Å². The molecule has 0 aromatic heterocycles. The quantitative estimate of drug-likeness (QED) is 0.225. The number of fused-ring (bicyclic) bond motifs is 4. The van der Waals surface area contributed by atoms with Gasteiger partial charge in [-0.15, -0.1) is 0 Å². The minimum absolute atomic E-state index is 1.26. The first-order valence-corrected chi connectivity index (χ1v) is 12.8. The molecule has 7 rings (SSSR count). The summed E-state index contributed by atoms with van der Waals surface area (Å²) in [6, 6.07) is 48.6. The first-order valence-electron chi connectivity index (χ1n) is 12.8. The second-order valence-electron chi connectivity index (χ2n) is 8.97. The van der Waals surface area contributed by atoms with Crippen LogP contribution in [0, 0.1) is 0 Å². The summed E-state index contributed by atoms with van der Waals surface area (Å²) in [6.07, 6.45) is 0. The lowest BCUT2D eigenvalue weighted by Gasteiger charge is -2.18. The third-order valence-corrected chi connectivity index (χ3v) is 7.01. The van der Waals surface area contributed by atoms with Gasteiger partial charge in [-0.25, -0.2) is 0 Å².